The lowest BCUT2D eigenvalue weighted by atomic mass is 10.1. The summed E-state index contributed by atoms with van der Waals surface area (Å²) in [6.07, 6.45) is 1.86. The van der Waals surface area contributed by atoms with Gasteiger partial charge in [-0.1, -0.05) is 18.2 Å². The SMILES string of the molecule is CC(c1cc2ccccc2o1)N(C)C(=O)CCCCNC(N)=O. The highest BCUT2D eigenvalue weighted by Gasteiger charge is 2.20. The zero-order valence-electron chi connectivity index (χ0n) is 13.5. The highest BCUT2D eigenvalue weighted by atomic mass is 16.3. The molecule has 0 saturated carbocycles. The fourth-order valence-electron chi connectivity index (χ4n) is 2.40. The molecular weight excluding hydrogens is 294 g/mol. The number of urea groups is 1. The number of nitrogens with two attached hydrogens (primary N) is 1. The summed E-state index contributed by atoms with van der Waals surface area (Å²) in [5.41, 5.74) is 5.81. The molecule has 6 nitrogen and oxygen atoms in total. The van der Waals surface area contributed by atoms with E-state index in [9.17, 15) is 9.59 Å². The average Bonchev–Trinajstić information content (AvgIpc) is 2.96. The maximum atomic E-state index is 12.2. The van der Waals surface area contributed by atoms with Gasteiger partial charge in [0.2, 0.25) is 5.91 Å². The molecule has 0 aliphatic carbocycles. The predicted octanol–water partition coefficient (Wildman–Crippen LogP) is 2.79. The van der Waals surface area contributed by atoms with Crippen molar-refractivity contribution in [3.05, 3.63) is 36.1 Å². The molecule has 124 valence electrons. The number of primary amides is 1. The van der Waals surface area contributed by atoms with Crippen LogP contribution in [0.25, 0.3) is 11.0 Å². The maximum absolute atomic E-state index is 12.2. The minimum atomic E-state index is -0.535. The van der Waals surface area contributed by atoms with E-state index in [4.69, 9.17) is 10.2 Å². The Hall–Kier alpha value is -2.50. The fourth-order valence-corrected chi connectivity index (χ4v) is 2.40. The third-order valence-corrected chi connectivity index (χ3v) is 3.95. The van der Waals surface area contributed by atoms with Gasteiger partial charge in [0.1, 0.15) is 11.3 Å². The van der Waals surface area contributed by atoms with Crippen molar-refractivity contribution in [1.29, 1.82) is 0 Å². The van der Waals surface area contributed by atoms with E-state index in [2.05, 4.69) is 5.32 Å². The summed E-state index contributed by atoms with van der Waals surface area (Å²) in [4.78, 5) is 24.5. The number of furan rings is 1. The molecule has 1 heterocycles. The Morgan fingerprint density at radius 2 is 2.04 bits per heavy atom. The van der Waals surface area contributed by atoms with E-state index in [1.165, 1.54) is 0 Å². The minimum Gasteiger partial charge on any atom is -0.459 e. The Kier molecular flexibility index (Phi) is 5.62. The van der Waals surface area contributed by atoms with Crippen LogP contribution in [0.15, 0.2) is 34.7 Å². The summed E-state index contributed by atoms with van der Waals surface area (Å²) >= 11 is 0. The lowest BCUT2D eigenvalue weighted by Gasteiger charge is -2.23. The van der Waals surface area contributed by atoms with E-state index in [0.29, 0.717) is 19.4 Å². The van der Waals surface area contributed by atoms with Crippen LogP contribution in [0, 0.1) is 0 Å². The third kappa shape index (κ3) is 4.48. The van der Waals surface area contributed by atoms with Crippen LogP contribution in [0.5, 0.6) is 0 Å². The van der Waals surface area contributed by atoms with Crippen molar-refractivity contribution < 1.29 is 14.0 Å². The van der Waals surface area contributed by atoms with Gasteiger partial charge in [-0.15, -0.1) is 0 Å². The molecule has 3 N–H and O–H groups in total. The second-order valence-corrected chi connectivity index (χ2v) is 5.62. The number of nitrogens with one attached hydrogen (secondary N) is 1. The first-order valence-corrected chi connectivity index (χ1v) is 7.76. The molecular formula is C17H23N3O3. The molecule has 1 aromatic heterocycles. The van der Waals surface area contributed by atoms with Crippen LogP contribution in [0.2, 0.25) is 0 Å². The molecule has 23 heavy (non-hydrogen) atoms. The number of carbonyl (C=O) groups is 2. The number of rotatable bonds is 7. The Morgan fingerprint density at radius 3 is 2.74 bits per heavy atom. The maximum Gasteiger partial charge on any atom is 0.312 e. The normalized spacial score (nSPS) is 12.1. The molecule has 0 saturated heterocycles. The number of hydrogen-bond acceptors (Lipinski definition) is 3. The monoisotopic (exact) mass is 317 g/mol. The first-order valence-electron chi connectivity index (χ1n) is 7.76. The van der Waals surface area contributed by atoms with Gasteiger partial charge in [0.25, 0.3) is 0 Å². The lowest BCUT2D eigenvalue weighted by molar-refractivity contribution is -0.132. The molecule has 3 amide bonds. The van der Waals surface area contributed by atoms with Crippen molar-refractivity contribution >= 4 is 22.9 Å². The fraction of sp³-hybridized carbons (Fsp3) is 0.412. The average molecular weight is 317 g/mol. The number of para-hydroxylation sites is 1. The van der Waals surface area contributed by atoms with Crippen LogP contribution in [-0.4, -0.2) is 30.4 Å². The lowest BCUT2D eigenvalue weighted by Crippen LogP contribution is -2.31. The van der Waals surface area contributed by atoms with Crippen LogP contribution in [0.1, 0.15) is 38.0 Å². The van der Waals surface area contributed by atoms with Gasteiger partial charge in [-0.25, -0.2) is 4.79 Å². The first-order chi connectivity index (χ1) is 11.0. The van der Waals surface area contributed by atoms with E-state index in [1.54, 1.807) is 11.9 Å². The Bertz CT molecular complexity index is 648. The van der Waals surface area contributed by atoms with Crippen LogP contribution in [0.3, 0.4) is 0 Å². The Labute approximate surface area is 135 Å². The summed E-state index contributed by atoms with van der Waals surface area (Å²) in [6.45, 7) is 2.44. The summed E-state index contributed by atoms with van der Waals surface area (Å²) in [5, 5.41) is 3.55. The van der Waals surface area contributed by atoms with Crippen LogP contribution in [0.4, 0.5) is 4.79 Å². The molecule has 0 radical (unpaired) electrons. The second-order valence-electron chi connectivity index (χ2n) is 5.62. The quantitative estimate of drug-likeness (QED) is 0.770. The van der Waals surface area contributed by atoms with Gasteiger partial charge in [0.15, 0.2) is 0 Å². The number of nitrogens with zero attached hydrogens (tertiary/aromatic N) is 1. The summed E-state index contributed by atoms with van der Waals surface area (Å²) < 4.78 is 5.82. The second kappa shape index (κ2) is 7.67. The molecule has 1 atom stereocenters. The van der Waals surface area contributed by atoms with Crippen molar-refractivity contribution in [2.24, 2.45) is 5.73 Å². The topological polar surface area (TPSA) is 88.6 Å². The van der Waals surface area contributed by atoms with Crippen molar-refractivity contribution in [3.8, 4) is 0 Å². The van der Waals surface area contributed by atoms with Crippen LogP contribution >= 0.6 is 0 Å². The Balaban J connectivity index is 1.87. The van der Waals surface area contributed by atoms with Crippen molar-refractivity contribution in [2.45, 2.75) is 32.2 Å². The van der Waals surface area contributed by atoms with E-state index < -0.39 is 6.03 Å². The van der Waals surface area contributed by atoms with Gasteiger partial charge in [-0.05, 0) is 31.9 Å². The van der Waals surface area contributed by atoms with Crippen LogP contribution in [-0.2, 0) is 4.79 Å². The molecule has 0 spiro atoms. The number of carbonyl (C=O) groups excluding carboxylic acids is 2. The molecule has 0 aliphatic rings. The predicted molar refractivity (Wildman–Crippen MR) is 88.8 cm³/mol. The van der Waals surface area contributed by atoms with Gasteiger partial charge < -0.3 is 20.4 Å². The van der Waals surface area contributed by atoms with Gasteiger partial charge >= 0.3 is 6.03 Å². The van der Waals surface area contributed by atoms with E-state index in [0.717, 1.165) is 23.2 Å². The Morgan fingerprint density at radius 1 is 1.30 bits per heavy atom. The number of amides is 3. The summed E-state index contributed by atoms with van der Waals surface area (Å²) in [5.74, 6) is 0.828. The molecule has 0 aliphatic heterocycles. The molecule has 1 unspecified atom stereocenters. The molecule has 0 bridgehead atoms. The van der Waals surface area contributed by atoms with Gasteiger partial charge in [-0.2, -0.15) is 0 Å². The highest BCUT2D eigenvalue weighted by molar-refractivity contribution is 5.79. The number of benzene rings is 1. The molecule has 2 aromatic rings. The number of hydrogen-bond donors (Lipinski definition) is 2. The molecule has 0 fully saturated rings. The largest absolute Gasteiger partial charge is 0.459 e. The van der Waals surface area contributed by atoms with Crippen LogP contribution < -0.4 is 11.1 Å². The standard InChI is InChI=1S/C17H23N3O3/c1-12(15-11-13-7-3-4-8-14(13)23-15)20(2)16(21)9-5-6-10-19-17(18)22/h3-4,7-8,11-12H,5-6,9-10H2,1-2H3,(H3,18,19,22). The van der Waals surface area contributed by atoms with E-state index in [1.807, 2.05) is 37.3 Å². The highest BCUT2D eigenvalue weighted by Crippen LogP contribution is 2.27. The summed E-state index contributed by atoms with van der Waals surface area (Å²) in [7, 11) is 1.78. The smallest absolute Gasteiger partial charge is 0.312 e. The van der Waals surface area contributed by atoms with Gasteiger partial charge in [0, 0.05) is 25.4 Å². The van der Waals surface area contributed by atoms with Crippen molar-refractivity contribution in [3.63, 3.8) is 0 Å². The molecule has 6 heteroatoms. The third-order valence-electron chi connectivity index (χ3n) is 3.95. The first kappa shape index (κ1) is 16.9. The zero-order valence-corrected chi connectivity index (χ0v) is 13.5. The summed E-state index contributed by atoms with van der Waals surface area (Å²) in [6, 6.07) is 9.10. The van der Waals surface area contributed by atoms with Crippen molar-refractivity contribution in [2.75, 3.05) is 13.6 Å². The van der Waals surface area contributed by atoms with Gasteiger partial charge in [-0.3, -0.25) is 4.79 Å². The van der Waals surface area contributed by atoms with E-state index in [-0.39, 0.29) is 11.9 Å². The van der Waals surface area contributed by atoms with Gasteiger partial charge in [0.05, 0.1) is 6.04 Å². The van der Waals surface area contributed by atoms with Crippen molar-refractivity contribution in [1.82, 2.24) is 10.2 Å². The minimum absolute atomic E-state index is 0.0528. The molecule has 2 rings (SSSR count). The van der Waals surface area contributed by atoms with E-state index >= 15 is 0 Å². The zero-order chi connectivity index (χ0) is 16.8. The number of unbranched alkanes of at least 4 members (excludes halogenated alkanes) is 1. The number of fused-ring (bicyclic) bond motifs is 1. The molecule has 1 aromatic carbocycles.